The average molecular weight is 419 g/mol. The number of hydrogen-bond acceptors (Lipinski definition) is 5. The van der Waals surface area contributed by atoms with Crippen LogP contribution in [0.4, 0.5) is 0 Å². The molecule has 2 atom stereocenters. The number of benzene rings is 3. The summed E-state index contributed by atoms with van der Waals surface area (Å²) in [6, 6.07) is 25.2. The molecule has 0 bridgehead atoms. The van der Waals surface area contributed by atoms with Crippen LogP contribution in [0.1, 0.15) is 28.8 Å². The molecule has 0 aromatic heterocycles. The molecule has 1 saturated heterocycles. The number of phenols is 1. The highest BCUT2D eigenvalue weighted by atomic mass is 16.5. The summed E-state index contributed by atoms with van der Waals surface area (Å²) in [6.45, 7) is 4.55. The van der Waals surface area contributed by atoms with E-state index in [2.05, 4.69) is 34.1 Å². The third-order valence-corrected chi connectivity index (χ3v) is 6.04. The van der Waals surface area contributed by atoms with E-state index in [0.717, 1.165) is 49.6 Å². The SMILES string of the molecule is COc1ccc(CN2CCN(C(c3ccccc3)C(O)c3ccc(O)cc3)CC2)cc1. The molecule has 0 aliphatic carbocycles. The Morgan fingerprint density at radius 3 is 2.06 bits per heavy atom. The van der Waals surface area contributed by atoms with Crippen molar-refractivity contribution in [2.75, 3.05) is 33.3 Å². The number of aliphatic hydroxyl groups excluding tert-OH is 1. The van der Waals surface area contributed by atoms with Crippen LogP contribution in [-0.4, -0.2) is 53.3 Å². The van der Waals surface area contributed by atoms with Gasteiger partial charge in [-0.15, -0.1) is 0 Å². The molecule has 0 saturated carbocycles. The Kier molecular flexibility index (Phi) is 6.87. The number of phenolic OH excluding ortho intramolecular Hbond substituents is 1. The van der Waals surface area contributed by atoms with Gasteiger partial charge >= 0.3 is 0 Å². The molecule has 0 spiro atoms. The van der Waals surface area contributed by atoms with E-state index in [1.807, 2.05) is 30.3 Å². The second-order valence-corrected chi connectivity index (χ2v) is 8.05. The number of rotatable bonds is 7. The maximum atomic E-state index is 11.3. The third kappa shape index (κ3) is 5.25. The Balaban J connectivity index is 1.46. The normalized spacial score (nSPS) is 17.2. The molecular formula is C26H30N2O3. The summed E-state index contributed by atoms with van der Waals surface area (Å²) in [5, 5.41) is 20.9. The van der Waals surface area contributed by atoms with Gasteiger partial charge in [0.15, 0.2) is 0 Å². The molecule has 3 aromatic carbocycles. The zero-order valence-corrected chi connectivity index (χ0v) is 17.9. The predicted octanol–water partition coefficient (Wildman–Crippen LogP) is 3.99. The molecule has 3 aromatic rings. The smallest absolute Gasteiger partial charge is 0.118 e. The number of piperazine rings is 1. The van der Waals surface area contributed by atoms with E-state index in [1.54, 1.807) is 31.4 Å². The number of nitrogens with zero attached hydrogens (tertiary/aromatic N) is 2. The van der Waals surface area contributed by atoms with E-state index in [0.29, 0.717) is 0 Å². The summed E-state index contributed by atoms with van der Waals surface area (Å²) >= 11 is 0. The molecular weight excluding hydrogens is 388 g/mol. The Morgan fingerprint density at radius 2 is 1.45 bits per heavy atom. The van der Waals surface area contributed by atoms with Crippen molar-refractivity contribution in [1.29, 1.82) is 0 Å². The van der Waals surface area contributed by atoms with Gasteiger partial charge in [-0.3, -0.25) is 9.80 Å². The standard InChI is InChI=1S/C26H30N2O3/c1-31-24-13-7-20(8-14-24)19-27-15-17-28(18-16-27)25(21-5-3-2-4-6-21)26(30)22-9-11-23(29)12-10-22/h2-14,25-26,29-30H,15-19H2,1H3. The molecule has 1 aliphatic rings. The maximum absolute atomic E-state index is 11.3. The summed E-state index contributed by atoms with van der Waals surface area (Å²) in [5.74, 6) is 1.09. The fourth-order valence-electron chi connectivity index (χ4n) is 4.29. The average Bonchev–Trinajstić information content (AvgIpc) is 2.82. The highest BCUT2D eigenvalue weighted by Gasteiger charge is 2.31. The highest BCUT2D eigenvalue weighted by Crippen LogP contribution is 2.35. The van der Waals surface area contributed by atoms with Crippen LogP contribution in [0.2, 0.25) is 0 Å². The zero-order valence-electron chi connectivity index (χ0n) is 17.9. The van der Waals surface area contributed by atoms with Crippen molar-refractivity contribution in [3.8, 4) is 11.5 Å². The van der Waals surface area contributed by atoms with Gasteiger partial charge in [0, 0.05) is 32.7 Å². The number of aliphatic hydroxyl groups is 1. The van der Waals surface area contributed by atoms with Crippen LogP contribution in [0.5, 0.6) is 11.5 Å². The van der Waals surface area contributed by atoms with Gasteiger partial charge in [0.2, 0.25) is 0 Å². The summed E-state index contributed by atoms with van der Waals surface area (Å²) < 4.78 is 5.25. The topological polar surface area (TPSA) is 56.2 Å². The van der Waals surface area contributed by atoms with E-state index < -0.39 is 6.10 Å². The van der Waals surface area contributed by atoms with Gasteiger partial charge in [-0.25, -0.2) is 0 Å². The lowest BCUT2D eigenvalue weighted by molar-refractivity contribution is 0.0148. The lowest BCUT2D eigenvalue weighted by atomic mass is 9.93. The van der Waals surface area contributed by atoms with E-state index >= 15 is 0 Å². The summed E-state index contributed by atoms with van der Waals surface area (Å²) in [6.07, 6.45) is -0.670. The van der Waals surface area contributed by atoms with Gasteiger partial charge in [0.25, 0.3) is 0 Å². The quantitative estimate of drug-likeness (QED) is 0.608. The molecule has 2 unspecified atom stereocenters. The lowest BCUT2D eigenvalue weighted by Gasteiger charge is -2.41. The number of methoxy groups -OCH3 is 1. The minimum absolute atomic E-state index is 0.131. The van der Waals surface area contributed by atoms with Crippen molar-refractivity contribution >= 4 is 0 Å². The molecule has 0 amide bonds. The first-order valence-corrected chi connectivity index (χ1v) is 10.8. The van der Waals surface area contributed by atoms with Gasteiger partial charge in [0.1, 0.15) is 11.5 Å². The minimum Gasteiger partial charge on any atom is -0.508 e. The number of hydrogen-bond donors (Lipinski definition) is 2. The molecule has 162 valence electrons. The van der Waals surface area contributed by atoms with Crippen molar-refractivity contribution in [1.82, 2.24) is 9.80 Å². The van der Waals surface area contributed by atoms with Crippen LogP contribution in [0.3, 0.4) is 0 Å². The Morgan fingerprint density at radius 1 is 0.806 bits per heavy atom. The summed E-state index contributed by atoms with van der Waals surface area (Å²) in [4.78, 5) is 4.82. The van der Waals surface area contributed by atoms with Crippen LogP contribution >= 0.6 is 0 Å². The maximum Gasteiger partial charge on any atom is 0.118 e. The summed E-state index contributed by atoms with van der Waals surface area (Å²) in [5.41, 5.74) is 3.19. The van der Waals surface area contributed by atoms with Crippen LogP contribution in [0.15, 0.2) is 78.9 Å². The van der Waals surface area contributed by atoms with Gasteiger partial charge in [-0.1, -0.05) is 54.6 Å². The Labute approximate surface area is 184 Å². The largest absolute Gasteiger partial charge is 0.508 e. The van der Waals surface area contributed by atoms with Crippen molar-refractivity contribution in [3.05, 3.63) is 95.6 Å². The van der Waals surface area contributed by atoms with E-state index in [-0.39, 0.29) is 11.8 Å². The van der Waals surface area contributed by atoms with E-state index in [4.69, 9.17) is 4.74 Å². The van der Waals surface area contributed by atoms with Gasteiger partial charge < -0.3 is 14.9 Å². The van der Waals surface area contributed by atoms with Gasteiger partial charge in [0.05, 0.1) is 19.3 Å². The molecule has 1 fully saturated rings. The van der Waals surface area contributed by atoms with Crippen molar-refractivity contribution in [3.63, 3.8) is 0 Å². The van der Waals surface area contributed by atoms with Gasteiger partial charge in [-0.2, -0.15) is 0 Å². The summed E-state index contributed by atoms with van der Waals surface area (Å²) in [7, 11) is 1.68. The molecule has 1 aliphatic heterocycles. The molecule has 5 heteroatoms. The predicted molar refractivity (Wildman–Crippen MR) is 122 cm³/mol. The molecule has 5 nitrogen and oxygen atoms in total. The van der Waals surface area contributed by atoms with Crippen molar-refractivity contribution in [2.45, 2.75) is 18.7 Å². The molecule has 4 rings (SSSR count). The zero-order chi connectivity index (χ0) is 21.6. The second-order valence-electron chi connectivity index (χ2n) is 8.05. The second kappa shape index (κ2) is 9.96. The molecule has 1 heterocycles. The Bertz CT molecular complexity index is 937. The van der Waals surface area contributed by atoms with E-state index in [1.165, 1.54) is 5.56 Å². The minimum atomic E-state index is -0.670. The number of ether oxygens (including phenoxy) is 1. The fourth-order valence-corrected chi connectivity index (χ4v) is 4.29. The van der Waals surface area contributed by atoms with E-state index in [9.17, 15) is 10.2 Å². The first kappa shape index (κ1) is 21.4. The monoisotopic (exact) mass is 418 g/mol. The molecule has 31 heavy (non-hydrogen) atoms. The number of aromatic hydroxyl groups is 1. The lowest BCUT2D eigenvalue weighted by Crippen LogP contribution is -2.48. The van der Waals surface area contributed by atoms with Crippen LogP contribution in [0, 0.1) is 0 Å². The van der Waals surface area contributed by atoms with Crippen molar-refractivity contribution < 1.29 is 14.9 Å². The molecule has 2 N–H and O–H groups in total. The van der Waals surface area contributed by atoms with Crippen LogP contribution in [0.25, 0.3) is 0 Å². The van der Waals surface area contributed by atoms with Gasteiger partial charge in [-0.05, 0) is 41.0 Å². The fraction of sp³-hybridized carbons (Fsp3) is 0.308. The van der Waals surface area contributed by atoms with Crippen LogP contribution < -0.4 is 4.74 Å². The first-order chi connectivity index (χ1) is 15.1. The highest BCUT2D eigenvalue weighted by molar-refractivity contribution is 5.31. The first-order valence-electron chi connectivity index (χ1n) is 10.8. The third-order valence-electron chi connectivity index (χ3n) is 6.04. The van der Waals surface area contributed by atoms with Crippen LogP contribution in [-0.2, 0) is 6.54 Å². The van der Waals surface area contributed by atoms with Crippen molar-refractivity contribution in [2.24, 2.45) is 0 Å². The molecule has 0 radical (unpaired) electrons. The Hall–Kier alpha value is -2.86.